The topological polar surface area (TPSA) is 52.7 Å². The van der Waals surface area contributed by atoms with E-state index in [4.69, 9.17) is 34.8 Å². The minimum absolute atomic E-state index is 0.00479. The molecule has 5 nitrogen and oxygen atoms in total. The first-order valence-corrected chi connectivity index (χ1v) is 13.6. The molecule has 0 aliphatic carbocycles. The highest BCUT2D eigenvalue weighted by Crippen LogP contribution is 2.37. The Bertz CT molecular complexity index is 1500. The molecule has 1 saturated heterocycles. The Morgan fingerprint density at radius 1 is 0.892 bits per heavy atom. The molecule has 4 aromatic rings. The Balaban J connectivity index is 1.21. The minimum atomic E-state index is -0.304. The van der Waals surface area contributed by atoms with Crippen molar-refractivity contribution in [3.8, 4) is 0 Å². The second kappa shape index (κ2) is 11.2. The van der Waals surface area contributed by atoms with Crippen molar-refractivity contribution in [1.29, 1.82) is 0 Å². The molecule has 1 aromatic heterocycles. The van der Waals surface area contributed by atoms with E-state index in [-0.39, 0.29) is 11.8 Å². The molecule has 0 bridgehead atoms. The molecule has 0 spiro atoms. The number of anilines is 2. The molecule has 9 heteroatoms. The maximum absolute atomic E-state index is 12.9. The summed E-state index contributed by atoms with van der Waals surface area (Å²) in [4.78, 5) is 29.9. The maximum atomic E-state index is 12.9. The summed E-state index contributed by atoms with van der Waals surface area (Å²) in [6, 6.07) is 20.5. The second-order valence-electron chi connectivity index (χ2n) is 8.56. The van der Waals surface area contributed by atoms with Gasteiger partial charge in [-0.05, 0) is 42.0 Å². The lowest BCUT2D eigenvalue weighted by Crippen LogP contribution is -2.48. The van der Waals surface area contributed by atoms with Gasteiger partial charge in [-0.3, -0.25) is 9.59 Å². The van der Waals surface area contributed by atoms with Crippen molar-refractivity contribution in [2.24, 2.45) is 0 Å². The van der Waals surface area contributed by atoms with Crippen LogP contribution in [0.3, 0.4) is 0 Å². The lowest BCUT2D eigenvalue weighted by atomic mass is 10.2. The SMILES string of the molecule is O=C(Nc1ccc(N2CCN(C(=O)/C=C/c3ccccc3)CC2)c(Cl)c1)c1sc2cc(Cl)ccc2c1Cl. The minimum Gasteiger partial charge on any atom is -0.367 e. The molecule has 0 radical (unpaired) electrons. The molecular formula is C28H22Cl3N3O2S. The standard InChI is InChI=1S/C28H22Cl3N3O2S/c29-19-7-9-21-24(16-19)37-27(26(21)31)28(36)32-20-8-10-23(22(30)17-20)33-12-14-34(15-13-33)25(35)11-6-18-4-2-1-3-5-18/h1-11,16-17H,12-15H2,(H,32,36)/b11-6+. The number of carbonyl (C=O) groups excluding carboxylic acids is 2. The second-order valence-corrected chi connectivity index (χ2v) is 10.8. The number of nitrogens with one attached hydrogen (secondary N) is 1. The van der Waals surface area contributed by atoms with Crippen LogP contribution in [0.15, 0.2) is 72.8 Å². The number of carbonyl (C=O) groups is 2. The molecule has 1 N–H and O–H groups in total. The van der Waals surface area contributed by atoms with Crippen molar-refractivity contribution >= 4 is 85.5 Å². The Morgan fingerprint density at radius 2 is 1.65 bits per heavy atom. The summed E-state index contributed by atoms with van der Waals surface area (Å²) in [5.41, 5.74) is 2.43. The number of piperazine rings is 1. The molecule has 1 aliphatic heterocycles. The van der Waals surface area contributed by atoms with E-state index >= 15 is 0 Å². The van der Waals surface area contributed by atoms with Gasteiger partial charge < -0.3 is 15.1 Å². The van der Waals surface area contributed by atoms with Crippen LogP contribution < -0.4 is 10.2 Å². The van der Waals surface area contributed by atoms with Gasteiger partial charge in [0, 0.05) is 53.1 Å². The zero-order chi connectivity index (χ0) is 25.9. The molecule has 1 aliphatic rings. The molecule has 0 unspecified atom stereocenters. The van der Waals surface area contributed by atoms with E-state index in [1.54, 1.807) is 24.3 Å². The van der Waals surface area contributed by atoms with Gasteiger partial charge in [0.25, 0.3) is 5.91 Å². The largest absolute Gasteiger partial charge is 0.367 e. The molecule has 188 valence electrons. The van der Waals surface area contributed by atoms with Gasteiger partial charge in [0.15, 0.2) is 0 Å². The predicted octanol–water partition coefficient (Wildman–Crippen LogP) is 7.48. The lowest BCUT2D eigenvalue weighted by molar-refractivity contribution is -0.126. The number of hydrogen-bond donors (Lipinski definition) is 1. The van der Waals surface area contributed by atoms with Crippen molar-refractivity contribution in [3.63, 3.8) is 0 Å². The van der Waals surface area contributed by atoms with Gasteiger partial charge in [-0.1, -0.05) is 71.2 Å². The van der Waals surface area contributed by atoms with E-state index < -0.39 is 0 Å². The highest BCUT2D eigenvalue weighted by molar-refractivity contribution is 7.21. The molecule has 37 heavy (non-hydrogen) atoms. The van der Waals surface area contributed by atoms with Gasteiger partial charge in [-0.15, -0.1) is 11.3 Å². The molecule has 3 aromatic carbocycles. The summed E-state index contributed by atoms with van der Waals surface area (Å²) < 4.78 is 0.851. The molecule has 0 atom stereocenters. The number of halogens is 3. The quantitative estimate of drug-likeness (QED) is 0.253. The smallest absolute Gasteiger partial charge is 0.267 e. The molecule has 5 rings (SSSR count). The van der Waals surface area contributed by atoms with Crippen molar-refractivity contribution in [3.05, 3.63) is 98.3 Å². The zero-order valence-corrected chi connectivity index (χ0v) is 22.7. The Labute approximate surface area is 233 Å². The van der Waals surface area contributed by atoms with E-state index in [9.17, 15) is 9.59 Å². The van der Waals surface area contributed by atoms with Gasteiger partial charge in [0.05, 0.1) is 15.7 Å². The van der Waals surface area contributed by atoms with E-state index in [0.29, 0.717) is 51.8 Å². The van der Waals surface area contributed by atoms with Crippen LogP contribution in [0.2, 0.25) is 15.1 Å². The maximum Gasteiger partial charge on any atom is 0.267 e. The summed E-state index contributed by atoms with van der Waals surface area (Å²) in [7, 11) is 0. The highest BCUT2D eigenvalue weighted by atomic mass is 35.5. The first-order chi connectivity index (χ1) is 17.9. The van der Waals surface area contributed by atoms with Gasteiger partial charge in [-0.2, -0.15) is 0 Å². The number of hydrogen-bond acceptors (Lipinski definition) is 4. The van der Waals surface area contributed by atoms with E-state index in [1.807, 2.05) is 59.5 Å². The summed E-state index contributed by atoms with van der Waals surface area (Å²) in [5.74, 6) is -0.309. The summed E-state index contributed by atoms with van der Waals surface area (Å²) in [5, 5.41) is 5.20. The molecule has 2 amide bonds. The average molecular weight is 571 g/mol. The third-order valence-electron chi connectivity index (χ3n) is 6.15. The predicted molar refractivity (Wildman–Crippen MR) is 156 cm³/mol. The van der Waals surface area contributed by atoms with Crippen LogP contribution in [0.1, 0.15) is 15.2 Å². The first-order valence-electron chi connectivity index (χ1n) is 11.6. The molecule has 0 saturated carbocycles. The number of thiophene rings is 1. The Morgan fingerprint density at radius 3 is 2.38 bits per heavy atom. The number of fused-ring (bicyclic) bond motifs is 1. The third-order valence-corrected chi connectivity index (χ3v) is 8.35. The van der Waals surface area contributed by atoms with Gasteiger partial charge in [0.2, 0.25) is 5.91 Å². The summed E-state index contributed by atoms with van der Waals surface area (Å²) in [6.45, 7) is 2.52. The van der Waals surface area contributed by atoms with Gasteiger partial charge in [0.1, 0.15) is 4.88 Å². The van der Waals surface area contributed by atoms with Gasteiger partial charge >= 0.3 is 0 Å². The van der Waals surface area contributed by atoms with E-state index in [1.165, 1.54) is 11.3 Å². The lowest BCUT2D eigenvalue weighted by Gasteiger charge is -2.36. The van der Waals surface area contributed by atoms with Crippen LogP contribution >= 0.6 is 46.1 Å². The first kappa shape index (κ1) is 25.6. The molecule has 1 fully saturated rings. The average Bonchev–Trinajstić information content (AvgIpc) is 3.23. The van der Waals surface area contributed by atoms with Crippen LogP contribution in [0.25, 0.3) is 16.2 Å². The number of amides is 2. The van der Waals surface area contributed by atoms with E-state index in [0.717, 1.165) is 21.3 Å². The van der Waals surface area contributed by atoms with Crippen molar-refractivity contribution < 1.29 is 9.59 Å². The zero-order valence-electron chi connectivity index (χ0n) is 19.6. The van der Waals surface area contributed by atoms with Crippen LogP contribution in [0, 0.1) is 0 Å². The molecular weight excluding hydrogens is 549 g/mol. The summed E-state index contributed by atoms with van der Waals surface area (Å²) >= 11 is 20.4. The van der Waals surface area contributed by atoms with E-state index in [2.05, 4.69) is 10.2 Å². The van der Waals surface area contributed by atoms with Crippen molar-refractivity contribution in [2.45, 2.75) is 0 Å². The van der Waals surface area contributed by atoms with Gasteiger partial charge in [-0.25, -0.2) is 0 Å². The Kier molecular flexibility index (Phi) is 7.72. The number of rotatable bonds is 5. The summed E-state index contributed by atoms with van der Waals surface area (Å²) in [6.07, 6.45) is 3.45. The van der Waals surface area contributed by atoms with Crippen LogP contribution in [-0.2, 0) is 4.79 Å². The highest BCUT2D eigenvalue weighted by Gasteiger charge is 2.22. The van der Waals surface area contributed by atoms with Crippen LogP contribution in [0.4, 0.5) is 11.4 Å². The van der Waals surface area contributed by atoms with Crippen molar-refractivity contribution in [2.75, 3.05) is 36.4 Å². The van der Waals surface area contributed by atoms with Crippen LogP contribution in [-0.4, -0.2) is 42.9 Å². The number of nitrogens with zero attached hydrogens (tertiary/aromatic N) is 2. The third kappa shape index (κ3) is 5.78. The monoisotopic (exact) mass is 569 g/mol. The fourth-order valence-corrected chi connectivity index (χ4v) is 6.21. The number of benzene rings is 3. The fourth-order valence-electron chi connectivity index (χ4n) is 4.22. The van der Waals surface area contributed by atoms with Crippen LogP contribution in [0.5, 0.6) is 0 Å². The Hall–Kier alpha value is -3.03. The normalized spacial score (nSPS) is 13.9. The van der Waals surface area contributed by atoms with Crippen molar-refractivity contribution in [1.82, 2.24) is 4.90 Å². The molecule has 2 heterocycles. The fraction of sp³-hybridized carbons (Fsp3) is 0.143.